The lowest BCUT2D eigenvalue weighted by atomic mass is 10.1. The van der Waals surface area contributed by atoms with Gasteiger partial charge < -0.3 is 9.47 Å². The molecule has 0 aliphatic heterocycles. The van der Waals surface area contributed by atoms with Crippen LogP contribution in [0.5, 0.6) is 11.5 Å². The molecule has 0 heterocycles. The molecular formula is C22H27IO4. The molecule has 0 fully saturated rings. The molecule has 2 aromatic rings. The number of benzene rings is 2. The van der Waals surface area contributed by atoms with Crippen LogP contribution in [0.2, 0.25) is 0 Å². The van der Waals surface area contributed by atoms with E-state index in [0.29, 0.717) is 11.1 Å². The molecular weight excluding hydrogens is 455 g/mol. The van der Waals surface area contributed by atoms with Crippen LogP contribution in [0.15, 0.2) is 30.3 Å². The molecule has 5 heteroatoms. The Hall–Kier alpha value is -1.89. The van der Waals surface area contributed by atoms with E-state index < -0.39 is 0 Å². The van der Waals surface area contributed by atoms with Crippen LogP contribution in [0.4, 0.5) is 0 Å². The Morgan fingerprint density at radius 2 is 1.37 bits per heavy atom. The normalized spacial score (nSPS) is 10.3. The molecule has 0 N–H and O–H groups in total. The summed E-state index contributed by atoms with van der Waals surface area (Å²) in [6.45, 7) is 11.8. The first kappa shape index (κ1) is 23.1. The highest BCUT2D eigenvalue weighted by molar-refractivity contribution is 14.1. The van der Waals surface area contributed by atoms with Gasteiger partial charge in [-0.25, -0.2) is 0 Å². The van der Waals surface area contributed by atoms with Crippen molar-refractivity contribution in [1.29, 1.82) is 0 Å². The molecule has 4 nitrogen and oxygen atoms in total. The Labute approximate surface area is 175 Å². The third kappa shape index (κ3) is 7.71. The summed E-state index contributed by atoms with van der Waals surface area (Å²) in [7, 11) is 0. The zero-order chi connectivity index (χ0) is 20.6. The van der Waals surface area contributed by atoms with Crippen LogP contribution < -0.4 is 9.47 Å². The van der Waals surface area contributed by atoms with Crippen LogP contribution in [0.1, 0.15) is 59.5 Å². The lowest BCUT2D eigenvalue weighted by Gasteiger charge is -2.13. The second-order valence-electron chi connectivity index (χ2n) is 6.73. The Morgan fingerprint density at radius 1 is 0.815 bits per heavy atom. The third-order valence-electron chi connectivity index (χ3n) is 3.49. The highest BCUT2D eigenvalue weighted by atomic mass is 127. The first-order chi connectivity index (χ1) is 12.7. The monoisotopic (exact) mass is 482 g/mol. The fraction of sp³-hybridized carbons (Fsp3) is 0.364. The van der Waals surface area contributed by atoms with Gasteiger partial charge in [-0.05, 0) is 93.5 Å². The van der Waals surface area contributed by atoms with Gasteiger partial charge in [-0.2, -0.15) is 0 Å². The molecule has 0 spiro atoms. The molecule has 2 rings (SSSR count). The van der Waals surface area contributed by atoms with Gasteiger partial charge in [-0.15, -0.1) is 0 Å². The minimum atomic E-state index is 0.133. The largest absolute Gasteiger partial charge is 0.491 e. The van der Waals surface area contributed by atoms with Gasteiger partial charge in [0.05, 0.1) is 12.2 Å². The standard InChI is InChI=1S/C11H13IO2.C11H14O2/c1-7(2)14-11-5-9(6-13)10(12)4-8(11)3;1-8(2)13-11-6-10(7-12)5-4-9(11)3/h4-7H,1-3H3;4-8H,1-3H3. The molecule has 27 heavy (non-hydrogen) atoms. The summed E-state index contributed by atoms with van der Waals surface area (Å²) in [4.78, 5) is 21.2. The van der Waals surface area contributed by atoms with E-state index in [1.807, 2.05) is 53.7 Å². The van der Waals surface area contributed by atoms with Crippen LogP contribution in [0.25, 0.3) is 0 Å². The van der Waals surface area contributed by atoms with Crippen molar-refractivity contribution in [2.75, 3.05) is 0 Å². The van der Waals surface area contributed by atoms with E-state index in [1.165, 1.54) is 0 Å². The summed E-state index contributed by atoms with van der Waals surface area (Å²) in [6, 6.07) is 9.20. The van der Waals surface area contributed by atoms with Crippen molar-refractivity contribution in [3.05, 3.63) is 56.2 Å². The van der Waals surface area contributed by atoms with E-state index in [1.54, 1.807) is 18.2 Å². The molecule has 0 aliphatic rings. The van der Waals surface area contributed by atoms with E-state index in [0.717, 1.165) is 38.8 Å². The SMILES string of the molecule is Cc1cc(I)c(C=O)cc1OC(C)C.Cc1ccc(C=O)cc1OC(C)C. The maximum atomic E-state index is 10.7. The Kier molecular flexibility index (Phi) is 9.49. The van der Waals surface area contributed by atoms with E-state index in [2.05, 4.69) is 22.6 Å². The smallest absolute Gasteiger partial charge is 0.151 e. The number of halogens is 1. The van der Waals surface area contributed by atoms with E-state index in [9.17, 15) is 9.59 Å². The van der Waals surface area contributed by atoms with Gasteiger partial charge in [0.1, 0.15) is 17.8 Å². The number of carbonyl (C=O) groups excluding carboxylic acids is 2. The number of hydrogen-bond acceptors (Lipinski definition) is 4. The van der Waals surface area contributed by atoms with Gasteiger partial charge in [-0.3, -0.25) is 9.59 Å². The number of rotatable bonds is 6. The fourth-order valence-electron chi connectivity index (χ4n) is 2.21. The van der Waals surface area contributed by atoms with Gasteiger partial charge in [-0.1, -0.05) is 12.1 Å². The summed E-state index contributed by atoms with van der Waals surface area (Å²) in [5.41, 5.74) is 3.46. The van der Waals surface area contributed by atoms with Crippen LogP contribution >= 0.6 is 22.6 Å². The molecule has 0 bridgehead atoms. The first-order valence-corrected chi connectivity index (χ1v) is 9.90. The lowest BCUT2D eigenvalue weighted by molar-refractivity contribution is 0.111. The van der Waals surface area contributed by atoms with E-state index >= 15 is 0 Å². The Bertz CT molecular complexity index is 782. The zero-order valence-corrected chi connectivity index (χ0v) is 18.9. The summed E-state index contributed by atoms with van der Waals surface area (Å²) >= 11 is 2.15. The quantitative estimate of drug-likeness (QED) is 0.386. The van der Waals surface area contributed by atoms with Crippen molar-refractivity contribution in [3.8, 4) is 11.5 Å². The van der Waals surface area contributed by atoms with Gasteiger partial charge in [0.25, 0.3) is 0 Å². The molecule has 0 radical (unpaired) electrons. The molecule has 0 saturated carbocycles. The minimum absolute atomic E-state index is 0.133. The van der Waals surface area contributed by atoms with Crippen molar-refractivity contribution < 1.29 is 19.1 Å². The van der Waals surface area contributed by atoms with E-state index in [4.69, 9.17) is 9.47 Å². The Morgan fingerprint density at radius 3 is 1.85 bits per heavy atom. The van der Waals surface area contributed by atoms with Crippen LogP contribution in [-0.2, 0) is 0 Å². The molecule has 0 atom stereocenters. The molecule has 2 aromatic carbocycles. The Balaban J connectivity index is 0.000000271. The molecule has 0 saturated heterocycles. The third-order valence-corrected chi connectivity index (χ3v) is 4.43. The summed E-state index contributed by atoms with van der Waals surface area (Å²) in [6.07, 6.45) is 1.95. The van der Waals surface area contributed by atoms with Gasteiger partial charge in [0.2, 0.25) is 0 Å². The molecule has 0 aromatic heterocycles. The number of aryl methyl sites for hydroxylation is 2. The number of carbonyl (C=O) groups is 2. The van der Waals surface area contributed by atoms with Crippen molar-refractivity contribution in [2.45, 2.75) is 53.8 Å². The highest BCUT2D eigenvalue weighted by Crippen LogP contribution is 2.24. The van der Waals surface area contributed by atoms with Crippen LogP contribution in [0, 0.1) is 17.4 Å². The summed E-state index contributed by atoms with van der Waals surface area (Å²) in [5.74, 6) is 1.59. The van der Waals surface area contributed by atoms with Crippen molar-refractivity contribution >= 4 is 35.2 Å². The maximum absolute atomic E-state index is 10.7. The van der Waals surface area contributed by atoms with E-state index in [-0.39, 0.29) is 12.2 Å². The van der Waals surface area contributed by atoms with Crippen LogP contribution in [0.3, 0.4) is 0 Å². The van der Waals surface area contributed by atoms with Gasteiger partial charge in [0.15, 0.2) is 6.29 Å². The average molecular weight is 482 g/mol. The summed E-state index contributed by atoms with van der Waals surface area (Å²) < 4.78 is 12.1. The topological polar surface area (TPSA) is 52.6 Å². The second kappa shape index (κ2) is 11.1. The van der Waals surface area contributed by atoms with Crippen molar-refractivity contribution in [1.82, 2.24) is 0 Å². The number of hydrogen-bond donors (Lipinski definition) is 0. The second-order valence-corrected chi connectivity index (χ2v) is 7.90. The number of aldehydes is 2. The average Bonchev–Trinajstić information content (AvgIpc) is 2.59. The maximum Gasteiger partial charge on any atom is 0.151 e. The fourth-order valence-corrected chi connectivity index (χ4v) is 2.96. The lowest BCUT2D eigenvalue weighted by Crippen LogP contribution is -2.07. The van der Waals surface area contributed by atoms with Crippen LogP contribution in [-0.4, -0.2) is 24.8 Å². The number of ether oxygens (including phenoxy) is 2. The minimum Gasteiger partial charge on any atom is -0.491 e. The molecule has 0 amide bonds. The predicted octanol–water partition coefficient (Wildman–Crippen LogP) is 5.79. The molecule has 146 valence electrons. The zero-order valence-electron chi connectivity index (χ0n) is 16.7. The predicted molar refractivity (Wildman–Crippen MR) is 117 cm³/mol. The van der Waals surface area contributed by atoms with Crippen molar-refractivity contribution in [3.63, 3.8) is 0 Å². The highest BCUT2D eigenvalue weighted by Gasteiger charge is 2.07. The molecule has 0 aliphatic carbocycles. The summed E-state index contributed by atoms with van der Waals surface area (Å²) in [5, 5.41) is 0. The van der Waals surface area contributed by atoms with Gasteiger partial charge in [0, 0.05) is 14.7 Å². The van der Waals surface area contributed by atoms with Gasteiger partial charge >= 0.3 is 0 Å². The van der Waals surface area contributed by atoms with Crippen molar-refractivity contribution in [2.24, 2.45) is 0 Å². The first-order valence-electron chi connectivity index (χ1n) is 8.82. The molecule has 0 unspecified atom stereocenters.